The number of hydrogen-bond acceptors (Lipinski definition) is 6. The van der Waals surface area contributed by atoms with Crippen LogP contribution >= 0.6 is 0 Å². The van der Waals surface area contributed by atoms with E-state index in [1.54, 1.807) is 24.8 Å². The van der Waals surface area contributed by atoms with Gasteiger partial charge in [-0.05, 0) is 42.3 Å². The number of rotatable bonds is 5. The van der Waals surface area contributed by atoms with Crippen LogP contribution in [0.2, 0.25) is 0 Å². The van der Waals surface area contributed by atoms with Crippen molar-refractivity contribution in [1.29, 1.82) is 0 Å². The van der Waals surface area contributed by atoms with Crippen molar-refractivity contribution in [2.45, 2.75) is 26.8 Å². The minimum Gasteiger partial charge on any atom is -0.312 e. The third-order valence-electron chi connectivity index (χ3n) is 4.20. The molecule has 4 heterocycles. The van der Waals surface area contributed by atoms with Crippen LogP contribution in [0.3, 0.4) is 0 Å². The zero-order valence-corrected chi connectivity index (χ0v) is 16.8. The van der Waals surface area contributed by atoms with Crippen molar-refractivity contribution in [2.24, 2.45) is 0 Å². The van der Waals surface area contributed by atoms with E-state index in [2.05, 4.69) is 37.0 Å². The van der Waals surface area contributed by atoms with Gasteiger partial charge in [0.2, 0.25) is 0 Å². The summed E-state index contributed by atoms with van der Waals surface area (Å²) in [5.41, 5.74) is 3.83. The summed E-state index contributed by atoms with van der Waals surface area (Å²) >= 11 is 0. The molecule has 0 atom stereocenters. The molecule has 0 saturated carbocycles. The van der Waals surface area contributed by atoms with Gasteiger partial charge in [-0.2, -0.15) is 0 Å². The average molecular weight is 384 g/mol. The zero-order chi connectivity index (χ0) is 20.5. The molecule has 0 bridgehead atoms. The number of hydrogen-bond donors (Lipinski definition) is 0. The fraction of sp³-hybridized carbons (Fsp3) is 0.174. The molecule has 0 radical (unpaired) electrons. The highest BCUT2D eigenvalue weighted by Crippen LogP contribution is 2.37. The van der Waals surface area contributed by atoms with Gasteiger partial charge in [-0.15, -0.1) is 0 Å². The highest BCUT2D eigenvalue weighted by molar-refractivity contribution is 5.62. The molecule has 0 spiro atoms. The molecule has 0 saturated heterocycles. The first-order valence-electron chi connectivity index (χ1n) is 9.60. The molecule has 29 heavy (non-hydrogen) atoms. The maximum atomic E-state index is 4.75. The number of aryl methyl sites for hydroxylation is 1. The molecule has 6 heteroatoms. The van der Waals surface area contributed by atoms with Gasteiger partial charge >= 0.3 is 0 Å². The molecule has 0 amide bonds. The number of anilines is 2. The molecule has 146 valence electrons. The summed E-state index contributed by atoms with van der Waals surface area (Å²) in [6.45, 7) is 5.98. The van der Waals surface area contributed by atoms with Crippen LogP contribution in [0, 0.1) is 6.92 Å². The lowest BCUT2D eigenvalue weighted by molar-refractivity contribution is 0.789. The quantitative estimate of drug-likeness (QED) is 0.486. The third kappa shape index (κ3) is 4.79. The fourth-order valence-corrected chi connectivity index (χ4v) is 3.06. The van der Waals surface area contributed by atoms with Crippen LogP contribution in [0.15, 0.2) is 86.0 Å². The second kappa shape index (κ2) is 10.0. The Bertz CT molecular complexity index is 954. The lowest BCUT2D eigenvalue weighted by Gasteiger charge is -2.33. The van der Waals surface area contributed by atoms with Gasteiger partial charge < -0.3 is 4.90 Å². The fourth-order valence-electron chi connectivity index (χ4n) is 3.06. The molecule has 0 aliphatic heterocycles. The number of nitrogens with zero attached hydrogens (tertiary/aromatic N) is 6. The minimum absolute atomic E-state index is 0.173. The van der Waals surface area contributed by atoms with E-state index < -0.39 is 0 Å². The maximum absolute atomic E-state index is 4.75. The SMILES string of the molecule is CC.Cc1cccc(N(c2cncnc2)C(c2cccnc2)c2cccnc2)n1. The largest absolute Gasteiger partial charge is 0.312 e. The van der Waals surface area contributed by atoms with Crippen molar-refractivity contribution >= 4 is 11.5 Å². The van der Waals surface area contributed by atoms with Crippen molar-refractivity contribution in [2.75, 3.05) is 4.90 Å². The third-order valence-corrected chi connectivity index (χ3v) is 4.20. The van der Waals surface area contributed by atoms with E-state index in [1.165, 1.54) is 6.33 Å². The van der Waals surface area contributed by atoms with Crippen molar-refractivity contribution < 1.29 is 0 Å². The standard InChI is InChI=1S/C21H18N6.C2H6/c1-16-5-2-8-20(26-16)27(19-13-24-15-25-14-19)21(17-6-3-9-22-11-17)18-7-4-10-23-12-18;1-2/h2-15,21H,1H3;1-2H3. The van der Waals surface area contributed by atoms with E-state index >= 15 is 0 Å². The van der Waals surface area contributed by atoms with Crippen molar-refractivity contribution in [3.8, 4) is 0 Å². The second-order valence-corrected chi connectivity index (χ2v) is 6.08. The first-order chi connectivity index (χ1) is 14.3. The van der Waals surface area contributed by atoms with Gasteiger partial charge in [-0.25, -0.2) is 15.0 Å². The molecule has 0 N–H and O–H groups in total. The van der Waals surface area contributed by atoms with E-state index in [4.69, 9.17) is 4.98 Å². The van der Waals surface area contributed by atoms with E-state index in [0.29, 0.717) is 0 Å². The molecule has 0 fully saturated rings. The molecular formula is C23H24N6. The molecule has 0 unspecified atom stereocenters. The monoisotopic (exact) mass is 384 g/mol. The molecule has 0 aromatic carbocycles. The van der Waals surface area contributed by atoms with Gasteiger partial charge in [-0.3, -0.25) is 9.97 Å². The van der Waals surface area contributed by atoms with Crippen LogP contribution in [-0.2, 0) is 0 Å². The Balaban J connectivity index is 0.00000117. The Kier molecular flexibility index (Phi) is 6.95. The smallest absolute Gasteiger partial charge is 0.134 e. The van der Waals surface area contributed by atoms with Gasteiger partial charge in [-0.1, -0.05) is 32.0 Å². The van der Waals surface area contributed by atoms with Gasteiger partial charge in [0.1, 0.15) is 12.1 Å². The number of aromatic nitrogens is 5. The van der Waals surface area contributed by atoms with Gasteiger partial charge in [0.25, 0.3) is 0 Å². The highest BCUT2D eigenvalue weighted by Gasteiger charge is 2.26. The van der Waals surface area contributed by atoms with Gasteiger partial charge in [0.15, 0.2) is 0 Å². The van der Waals surface area contributed by atoms with E-state index in [1.807, 2.05) is 63.5 Å². The first-order valence-corrected chi connectivity index (χ1v) is 9.60. The lowest BCUT2D eigenvalue weighted by Crippen LogP contribution is -2.26. The normalized spacial score (nSPS) is 10.2. The molecular weight excluding hydrogens is 360 g/mol. The number of pyridine rings is 3. The summed E-state index contributed by atoms with van der Waals surface area (Å²) in [7, 11) is 0. The molecule has 0 aliphatic carbocycles. The molecule has 0 aliphatic rings. The molecule has 4 aromatic rings. The summed E-state index contributed by atoms with van der Waals surface area (Å²) in [6.07, 6.45) is 12.4. The van der Waals surface area contributed by atoms with E-state index in [9.17, 15) is 0 Å². The van der Waals surface area contributed by atoms with Crippen LogP contribution in [0.4, 0.5) is 11.5 Å². The minimum atomic E-state index is -0.173. The van der Waals surface area contributed by atoms with Crippen LogP contribution in [0.5, 0.6) is 0 Å². The summed E-state index contributed by atoms with van der Waals surface area (Å²) < 4.78 is 0. The predicted molar refractivity (Wildman–Crippen MR) is 115 cm³/mol. The van der Waals surface area contributed by atoms with Gasteiger partial charge in [0, 0.05) is 30.5 Å². The maximum Gasteiger partial charge on any atom is 0.134 e. The van der Waals surface area contributed by atoms with E-state index in [0.717, 1.165) is 28.3 Å². The van der Waals surface area contributed by atoms with Crippen molar-refractivity contribution in [3.63, 3.8) is 0 Å². The summed E-state index contributed by atoms with van der Waals surface area (Å²) in [5.74, 6) is 0.808. The molecule has 6 nitrogen and oxygen atoms in total. The Morgan fingerprint density at radius 3 is 1.86 bits per heavy atom. The van der Waals surface area contributed by atoms with E-state index in [-0.39, 0.29) is 6.04 Å². The first kappa shape index (κ1) is 20.1. The summed E-state index contributed by atoms with van der Waals surface area (Å²) in [4.78, 5) is 23.9. The molecule has 4 rings (SSSR count). The Morgan fingerprint density at radius 2 is 1.34 bits per heavy atom. The Hall–Kier alpha value is -3.67. The Morgan fingerprint density at radius 1 is 0.724 bits per heavy atom. The van der Waals surface area contributed by atoms with Crippen LogP contribution in [0.25, 0.3) is 0 Å². The Labute approximate surface area is 171 Å². The summed E-state index contributed by atoms with van der Waals surface area (Å²) in [6, 6.07) is 13.8. The van der Waals surface area contributed by atoms with Crippen molar-refractivity contribution in [3.05, 3.63) is 103 Å². The van der Waals surface area contributed by atoms with Crippen LogP contribution in [-0.4, -0.2) is 24.9 Å². The summed E-state index contributed by atoms with van der Waals surface area (Å²) in [5, 5.41) is 0. The second-order valence-electron chi connectivity index (χ2n) is 6.08. The van der Waals surface area contributed by atoms with Crippen LogP contribution < -0.4 is 4.90 Å². The zero-order valence-electron chi connectivity index (χ0n) is 16.8. The van der Waals surface area contributed by atoms with Crippen LogP contribution in [0.1, 0.15) is 36.7 Å². The highest BCUT2D eigenvalue weighted by atomic mass is 15.2. The molecule has 4 aromatic heterocycles. The lowest BCUT2D eigenvalue weighted by atomic mass is 9.99. The average Bonchev–Trinajstić information content (AvgIpc) is 2.80. The van der Waals surface area contributed by atoms with Crippen molar-refractivity contribution in [1.82, 2.24) is 24.9 Å². The topological polar surface area (TPSA) is 67.7 Å². The van der Waals surface area contributed by atoms with Gasteiger partial charge in [0.05, 0.1) is 24.1 Å². The predicted octanol–water partition coefficient (Wildman–Crippen LogP) is 4.92.